The van der Waals surface area contributed by atoms with Crippen molar-refractivity contribution in [2.24, 2.45) is 11.8 Å². The molecule has 0 rings (SSSR count). The molecule has 0 unspecified atom stereocenters. The lowest BCUT2D eigenvalue weighted by Gasteiger charge is -2.10. The van der Waals surface area contributed by atoms with Crippen LogP contribution in [0.4, 0.5) is 0 Å². The van der Waals surface area contributed by atoms with E-state index < -0.39 is 0 Å². The molecule has 0 aromatic rings. The van der Waals surface area contributed by atoms with Gasteiger partial charge in [0.1, 0.15) is 0 Å². The number of hydrogen-bond donors (Lipinski definition) is 5. The van der Waals surface area contributed by atoms with Crippen LogP contribution in [-0.4, -0.2) is 41.8 Å². The Morgan fingerprint density at radius 2 is 1.63 bits per heavy atom. The quantitative estimate of drug-likeness (QED) is 0.144. The molecule has 7 heteroatoms. The van der Waals surface area contributed by atoms with Crippen LogP contribution in [0.1, 0.15) is 38.5 Å². The van der Waals surface area contributed by atoms with E-state index >= 15 is 0 Å². The van der Waals surface area contributed by atoms with Gasteiger partial charge in [-0.3, -0.25) is 15.0 Å². The summed E-state index contributed by atoms with van der Waals surface area (Å²) in [5, 5.41) is 20.5. The first-order chi connectivity index (χ1) is 9.13. The van der Waals surface area contributed by atoms with Crippen LogP contribution in [0, 0.1) is 5.92 Å². The molecule has 0 aromatic carbocycles. The van der Waals surface area contributed by atoms with Crippen molar-refractivity contribution in [2.45, 2.75) is 38.5 Å². The molecule has 0 radical (unpaired) electrons. The van der Waals surface area contributed by atoms with Gasteiger partial charge in [-0.25, -0.2) is 5.84 Å². The highest BCUT2D eigenvalue weighted by Crippen LogP contribution is 2.06. The Kier molecular flexibility index (Phi) is 11.1. The highest BCUT2D eigenvalue weighted by molar-refractivity contribution is 5.78. The topological polar surface area (TPSA) is 125 Å². The SMILES string of the molecule is NNC(=O)CCCC(=O)NCCCCC(CO)CO. The van der Waals surface area contributed by atoms with Crippen molar-refractivity contribution in [1.29, 1.82) is 0 Å². The van der Waals surface area contributed by atoms with Crippen LogP contribution in [0.3, 0.4) is 0 Å². The first-order valence-corrected chi connectivity index (χ1v) is 6.61. The normalized spacial score (nSPS) is 10.5. The molecule has 0 fully saturated rings. The summed E-state index contributed by atoms with van der Waals surface area (Å²) >= 11 is 0. The minimum Gasteiger partial charge on any atom is -0.396 e. The van der Waals surface area contributed by atoms with Gasteiger partial charge in [0.25, 0.3) is 0 Å². The van der Waals surface area contributed by atoms with Gasteiger partial charge in [-0.05, 0) is 19.3 Å². The summed E-state index contributed by atoms with van der Waals surface area (Å²) in [5.74, 6) is 4.50. The lowest BCUT2D eigenvalue weighted by atomic mass is 10.0. The van der Waals surface area contributed by atoms with Gasteiger partial charge in [-0.2, -0.15) is 0 Å². The second-order valence-corrected chi connectivity index (χ2v) is 4.50. The van der Waals surface area contributed by atoms with Gasteiger partial charge in [0.2, 0.25) is 11.8 Å². The Hall–Kier alpha value is -1.18. The van der Waals surface area contributed by atoms with Gasteiger partial charge in [-0.1, -0.05) is 6.42 Å². The lowest BCUT2D eigenvalue weighted by molar-refractivity contribution is -0.122. The monoisotopic (exact) mass is 275 g/mol. The Morgan fingerprint density at radius 3 is 2.21 bits per heavy atom. The smallest absolute Gasteiger partial charge is 0.233 e. The molecular formula is C12H25N3O4. The number of aliphatic hydroxyl groups excluding tert-OH is 2. The van der Waals surface area contributed by atoms with Crippen LogP contribution < -0.4 is 16.6 Å². The van der Waals surface area contributed by atoms with E-state index in [9.17, 15) is 9.59 Å². The molecule has 0 saturated heterocycles. The summed E-state index contributed by atoms with van der Waals surface area (Å²) in [6.07, 6.45) is 3.45. The Bertz CT molecular complexity index is 257. The van der Waals surface area contributed by atoms with Crippen molar-refractivity contribution >= 4 is 11.8 Å². The average molecular weight is 275 g/mol. The van der Waals surface area contributed by atoms with Crippen molar-refractivity contribution in [3.63, 3.8) is 0 Å². The van der Waals surface area contributed by atoms with Gasteiger partial charge in [0.05, 0.1) is 0 Å². The fraction of sp³-hybridized carbons (Fsp3) is 0.833. The summed E-state index contributed by atoms with van der Waals surface area (Å²) in [5.41, 5.74) is 2.01. The first kappa shape index (κ1) is 17.8. The van der Waals surface area contributed by atoms with Crippen LogP contribution in [0.15, 0.2) is 0 Å². The number of nitrogens with two attached hydrogens (primary N) is 1. The maximum atomic E-state index is 11.4. The van der Waals surface area contributed by atoms with Crippen LogP contribution in [-0.2, 0) is 9.59 Å². The maximum absolute atomic E-state index is 11.4. The van der Waals surface area contributed by atoms with Gasteiger partial charge in [0, 0.05) is 38.5 Å². The maximum Gasteiger partial charge on any atom is 0.233 e. The molecule has 6 N–H and O–H groups in total. The van der Waals surface area contributed by atoms with Crippen LogP contribution >= 0.6 is 0 Å². The molecule has 2 amide bonds. The number of amides is 2. The summed E-state index contributed by atoms with van der Waals surface area (Å²) in [4.78, 5) is 22.2. The minimum atomic E-state index is -0.271. The molecule has 0 aliphatic heterocycles. The van der Waals surface area contributed by atoms with E-state index in [0.29, 0.717) is 19.4 Å². The predicted octanol–water partition coefficient (Wildman–Crippen LogP) is -0.966. The first-order valence-electron chi connectivity index (χ1n) is 6.61. The molecule has 7 nitrogen and oxygen atoms in total. The van der Waals surface area contributed by atoms with E-state index in [1.807, 2.05) is 5.43 Å². The highest BCUT2D eigenvalue weighted by atomic mass is 16.3. The largest absolute Gasteiger partial charge is 0.396 e. The molecule has 0 aliphatic carbocycles. The molecule has 19 heavy (non-hydrogen) atoms. The van der Waals surface area contributed by atoms with Gasteiger partial charge < -0.3 is 15.5 Å². The zero-order chi connectivity index (χ0) is 14.5. The van der Waals surface area contributed by atoms with E-state index in [4.69, 9.17) is 16.1 Å². The molecule has 0 atom stereocenters. The second-order valence-electron chi connectivity index (χ2n) is 4.50. The van der Waals surface area contributed by atoms with E-state index in [-0.39, 0.29) is 37.4 Å². The lowest BCUT2D eigenvalue weighted by Crippen LogP contribution is -2.30. The van der Waals surface area contributed by atoms with Crippen LogP contribution in [0.5, 0.6) is 0 Å². The summed E-state index contributed by atoms with van der Waals surface area (Å²) < 4.78 is 0. The van der Waals surface area contributed by atoms with Crippen LogP contribution in [0.25, 0.3) is 0 Å². The summed E-state index contributed by atoms with van der Waals surface area (Å²) in [6, 6.07) is 0. The van der Waals surface area contributed by atoms with Crippen LogP contribution in [0.2, 0.25) is 0 Å². The molecule has 0 heterocycles. The van der Waals surface area contributed by atoms with E-state index in [1.165, 1.54) is 0 Å². The van der Waals surface area contributed by atoms with Gasteiger partial charge >= 0.3 is 0 Å². The number of carbonyl (C=O) groups excluding carboxylic acids is 2. The number of hydrogen-bond acceptors (Lipinski definition) is 5. The van der Waals surface area contributed by atoms with E-state index in [1.54, 1.807) is 0 Å². The molecule has 0 aliphatic rings. The van der Waals surface area contributed by atoms with Crippen molar-refractivity contribution in [3.8, 4) is 0 Å². The van der Waals surface area contributed by atoms with Gasteiger partial charge in [-0.15, -0.1) is 0 Å². The fourth-order valence-electron chi connectivity index (χ4n) is 1.60. The third-order valence-electron chi connectivity index (χ3n) is 2.85. The highest BCUT2D eigenvalue weighted by Gasteiger charge is 2.06. The third-order valence-corrected chi connectivity index (χ3v) is 2.85. The van der Waals surface area contributed by atoms with Crippen molar-refractivity contribution in [3.05, 3.63) is 0 Å². The summed E-state index contributed by atoms with van der Waals surface area (Å²) in [6.45, 7) is 0.559. The van der Waals surface area contributed by atoms with Crippen molar-refractivity contribution in [2.75, 3.05) is 19.8 Å². The van der Waals surface area contributed by atoms with Gasteiger partial charge in [0.15, 0.2) is 0 Å². The number of nitrogens with one attached hydrogen (secondary N) is 2. The molecular weight excluding hydrogens is 250 g/mol. The minimum absolute atomic E-state index is 0.00787. The molecule has 0 bridgehead atoms. The van der Waals surface area contributed by atoms with E-state index in [0.717, 1.165) is 19.3 Å². The number of carbonyl (C=O) groups is 2. The predicted molar refractivity (Wildman–Crippen MR) is 70.7 cm³/mol. The van der Waals surface area contributed by atoms with E-state index in [2.05, 4.69) is 5.32 Å². The summed E-state index contributed by atoms with van der Waals surface area (Å²) in [7, 11) is 0. The fourth-order valence-corrected chi connectivity index (χ4v) is 1.60. The van der Waals surface area contributed by atoms with Crippen molar-refractivity contribution in [1.82, 2.24) is 10.7 Å². The Balaban J connectivity index is 3.41. The van der Waals surface area contributed by atoms with Crippen molar-refractivity contribution < 1.29 is 19.8 Å². The molecule has 0 aromatic heterocycles. The number of rotatable bonds is 11. The standard InChI is InChI=1S/C12H25N3O4/c13-15-12(19)6-3-5-11(18)14-7-2-1-4-10(8-16)9-17/h10,16-17H,1-9,13H2,(H,14,18)(H,15,19). The second kappa shape index (κ2) is 11.9. The Morgan fingerprint density at radius 1 is 1.00 bits per heavy atom. The zero-order valence-corrected chi connectivity index (χ0v) is 11.2. The molecule has 0 spiro atoms. The average Bonchev–Trinajstić information content (AvgIpc) is 2.42. The number of aliphatic hydroxyl groups is 2. The Labute approximate surface area is 113 Å². The number of hydrazine groups is 1. The third kappa shape index (κ3) is 10.4. The zero-order valence-electron chi connectivity index (χ0n) is 11.2. The molecule has 0 saturated carbocycles. The molecule has 112 valence electrons. The number of unbranched alkanes of at least 4 members (excludes halogenated alkanes) is 1.